The van der Waals surface area contributed by atoms with Crippen molar-refractivity contribution in [1.82, 2.24) is 0 Å². The molecule has 0 aliphatic rings. The standard InChI is InChI=1S/C22H34O4/c1-5-8-9-10-12-18-13-15-19(16-14-18)21(23)26-20(17(4)11-6-2)22(24)25-7-3/h13-17,20H,5-12H2,1-4H3. The van der Waals surface area contributed by atoms with Crippen LogP contribution in [0.2, 0.25) is 0 Å². The van der Waals surface area contributed by atoms with E-state index in [0.717, 1.165) is 25.7 Å². The van der Waals surface area contributed by atoms with E-state index in [-0.39, 0.29) is 12.5 Å². The lowest BCUT2D eigenvalue weighted by Gasteiger charge is -2.22. The Morgan fingerprint density at radius 2 is 1.65 bits per heavy atom. The predicted molar refractivity (Wildman–Crippen MR) is 104 cm³/mol. The van der Waals surface area contributed by atoms with Crippen LogP contribution in [-0.4, -0.2) is 24.6 Å². The van der Waals surface area contributed by atoms with Crippen molar-refractivity contribution < 1.29 is 19.1 Å². The number of carbonyl (C=O) groups excluding carboxylic acids is 2. The van der Waals surface area contributed by atoms with E-state index in [1.165, 1.54) is 24.8 Å². The van der Waals surface area contributed by atoms with Crippen molar-refractivity contribution >= 4 is 11.9 Å². The number of esters is 2. The molecule has 1 aromatic carbocycles. The molecule has 26 heavy (non-hydrogen) atoms. The van der Waals surface area contributed by atoms with Crippen molar-refractivity contribution in [3.8, 4) is 0 Å². The number of hydrogen-bond acceptors (Lipinski definition) is 4. The SMILES string of the molecule is CCCCCCc1ccc(C(=O)OC(C(=O)OCC)C(C)CCC)cc1. The Morgan fingerprint density at radius 1 is 0.962 bits per heavy atom. The van der Waals surface area contributed by atoms with Gasteiger partial charge in [0, 0.05) is 5.92 Å². The van der Waals surface area contributed by atoms with Crippen LogP contribution in [0.5, 0.6) is 0 Å². The highest BCUT2D eigenvalue weighted by Gasteiger charge is 2.30. The number of hydrogen-bond donors (Lipinski definition) is 0. The zero-order valence-corrected chi connectivity index (χ0v) is 16.8. The Balaban J connectivity index is 2.68. The summed E-state index contributed by atoms with van der Waals surface area (Å²) in [5.74, 6) is -1.00. The molecule has 2 unspecified atom stereocenters. The van der Waals surface area contributed by atoms with E-state index in [2.05, 4.69) is 6.92 Å². The lowest BCUT2D eigenvalue weighted by Crippen LogP contribution is -2.35. The Kier molecular flexibility index (Phi) is 10.7. The number of rotatable bonds is 12. The molecule has 0 aliphatic heterocycles. The number of carbonyl (C=O) groups is 2. The minimum atomic E-state index is -0.851. The van der Waals surface area contributed by atoms with Gasteiger partial charge in [0.1, 0.15) is 0 Å². The van der Waals surface area contributed by atoms with Gasteiger partial charge in [-0.1, -0.05) is 58.6 Å². The topological polar surface area (TPSA) is 52.6 Å². The van der Waals surface area contributed by atoms with Crippen LogP contribution in [0.1, 0.15) is 82.1 Å². The maximum absolute atomic E-state index is 12.5. The van der Waals surface area contributed by atoms with Crippen LogP contribution >= 0.6 is 0 Å². The van der Waals surface area contributed by atoms with Crippen LogP contribution in [0.4, 0.5) is 0 Å². The first kappa shape index (κ1) is 22.2. The molecule has 2 atom stereocenters. The van der Waals surface area contributed by atoms with Crippen LogP contribution in [0.3, 0.4) is 0 Å². The van der Waals surface area contributed by atoms with Crippen molar-refractivity contribution in [3.05, 3.63) is 35.4 Å². The number of benzene rings is 1. The largest absolute Gasteiger partial charge is 0.463 e. The van der Waals surface area contributed by atoms with Gasteiger partial charge in [0.25, 0.3) is 0 Å². The first-order valence-electron chi connectivity index (χ1n) is 9.99. The van der Waals surface area contributed by atoms with E-state index in [0.29, 0.717) is 5.56 Å². The highest BCUT2D eigenvalue weighted by molar-refractivity contribution is 5.91. The number of unbranched alkanes of at least 4 members (excludes halogenated alkanes) is 3. The Bertz CT molecular complexity index is 536. The molecular weight excluding hydrogens is 328 g/mol. The molecule has 0 fully saturated rings. The van der Waals surface area contributed by atoms with Crippen molar-refractivity contribution in [1.29, 1.82) is 0 Å². The van der Waals surface area contributed by atoms with Crippen LogP contribution in [0, 0.1) is 5.92 Å². The van der Waals surface area contributed by atoms with Gasteiger partial charge in [0.2, 0.25) is 6.10 Å². The summed E-state index contributed by atoms with van der Waals surface area (Å²) in [6.45, 7) is 8.18. The summed E-state index contributed by atoms with van der Waals surface area (Å²) < 4.78 is 10.6. The zero-order chi connectivity index (χ0) is 19.4. The number of ether oxygens (including phenoxy) is 2. The zero-order valence-electron chi connectivity index (χ0n) is 16.8. The molecule has 0 spiro atoms. The van der Waals surface area contributed by atoms with Gasteiger partial charge < -0.3 is 9.47 Å². The van der Waals surface area contributed by atoms with Gasteiger partial charge in [-0.2, -0.15) is 0 Å². The van der Waals surface area contributed by atoms with Crippen LogP contribution < -0.4 is 0 Å². The third kappa shape index (κ3) is 7.59. The van der Waals surface area contributed by atoms with Crippen molar-refractivity contribution in [2.75, 3.05) is 6.61 Å². The van der Waals surface area contributed by atoms with Gasteiger partial charge in [-0.15, -0.1) is 0 Å². The van der Waals surface area contributed by atoms with E-state index >= 15 is 0 Å². The Morgan fingerprint density at radius 3 is 2.23 bits per heavy atom. The van der Waals surface area contributed by atoms with Crippen molar-refractivity contribution in [3.63, 3.8) is 0 Å². The summed E-state index contributed by atoms with van der Waals surface area (Å²) >= 11 is 0. The maximum atomic E-state index is 12.5. The monoisotopic (exact) mass is 362 g/mol. The summed E-state index contributed by atoms with van der Waals surface area (Å²) in [5.41, 5.74) is 1.69. The third-order valence-corrected chi connectivity index (χ3v) is 4.52. The molecular formula is C22H34O4. The summed E-state index contributed by atoms with van der Waals surface area (Å²) in [4.78, 5) is 24.6. The Labute approximate surface area is 158 Å². The van der Waals surface area contributed by atoms with E-state index in [9.17, 15) is 9.59 Å². The molecule has 0 N–H and O–H groups in total. The highest BCUT2D eigenvalue weighted by atomic mass is 16.6. The van der Waals surface area contributed by atoms with Gasteiger partial charge in [0.05, 0.1) is 12.2 Å². The van der Waals surface area contributed by atoms with Gasteiger partial charge in [-0.05, 0) is 43.9 Å². The maximum Gasteiger partial charge on any atom is 0.347 e. The molecule has 0 aliphatic carbocycles. The Hall–Kier alpha value is -1.84. The third-order valence-electron chi connectivity index (χ3n) is 4.52. The fourth-order valence-corrected chi connectivity index (χ4v) is 2.97. The predicted octanol–water partition coefficient (Wildman–Crippen LogP) is 5.33. The molecule has 0 bridgehead atoms. The fraction of sp³-hybridized carbons (Fsp3) is 0.636. The normalized spacial score (nSPS) is 13.1. The molecule has 1 aromatic rings. The molecule has 0 amide bonds. The lowest BCUT2D eigenvalue weighted by atomic mass is 9.99. The van der Waals surface area contributed by atoms with Gasteiger partial charge >= 0.3 is 11.9 Å². The van der Waals surface area contributed by atoms with Gasteiger partial charge in [0.15, 0.2) is 0 Å². The lowest BCUT2D eigenvalue weighted by molar-refractivity contribution is -0.156. The second kappa shape index (κ2) is 12.5. The summed E-state index contributed by atoms with van der Waals surface area (Å²) in [7, 11) is 0. The minimum Gasteiger partial charge on any atom is -0.463 e. The van der Waals surface area contributed by atoms with Crippen LogP contribution in [0.25, 0.3) is 0 Å². The quantitative estimate of drug-likeness (QED) is 0.372. The van der Waals surface area contributed by atoms with Gasteiger partial charge in [-0.25, -0.2) is 9.59 Å². The fourth-order valence-electron chi connectivity index (χ4n) is 2.97. The van der Waals surface area contributed by atoms with Crippen LogP contribution in [0.15, 0.2) is 24.3 Å². The van der Waals surface area contributed by atoms with Crippen molar-refractivity contribution in [2.24, 2.45) is 5.92 Å². The summed E-state index contributed by atoms with van der Waals surface area (Å²) in [6, 6.07) is 7.50. The second-order valence-corrected chi connectivity index (χ2v) is 6.85. The average Bonchev–Trinajstić information content (AvgIpc) is 2.64. The van der Waals surface area contributed by atoms with Crippen molar-refractivity contribution in [2.45, 2.75) is 78.7 Å². The highest BCUT2D eigenvalue weighted by Crippen LogP contribution is 2.18. The molecule has 4 nitrogen and oxygen atoms in total. The molecule has 0 saturated carbocycles. The smallest absolute Gasteiger partial charge is 0.347 e. The molecule has 0 heterocycles. The van der Waals surface area contributed by atoms with E-state index in [1.54, 1.807) is 19.1 Å². The first-order valence-corrected chi connectivity index (χ1v) is 9.99. The summed E-state index contributed by atoms with van der Waals surface area (Å²) in [6.07, 6.45) is 6.77. The summed E-state index contributed by atoms with van der Waals surface area (Å²) in [5, 5.41) is 0. The first-order chi connectivity index (χ1) is 12.5. The minimum absolute atomic E-state index is 0.0687. The van der Waals surface area contributed by atoms with E-state index < -0.39 is 18.0 Å². The molecule has 1 rings (SSSR count). The second-order valence-electron chi connectivity index (χ2n) is 6.85. The average molecular weight is 363 g/mol. The van der Waals surface area contributed by atoms with E-state index in [4.69, 9.17) is 9.47 Å². The van der Waals surface area contributed by atoms with E-state index in [1.807, 2.05) is 26.0 Å². The molecule has 0 saturated heterocycles. The molecule has 146 valence electrons. The molecule has 0 aromatic heterocycles. The number of aryl methyl sites for hydroxylation is 1. The van der Waals surface area contributed by atoms with Gasteiger partial charge in [-0.3, -0.25) is 0 Å². The molecule has 4 heteroatoms. The molecule has 0 radical (unpaired) electrons. The van der Waals surface area contributed by atoms with Crippen LogP contribution in [-0.2, 0) is 20.7 Å².